The molecule has 0 aromatic heterocycles. The van der Waals surface area contributed by atoms with Gasteiger partial charge in [0.25, 0.3) is 0 Å². The second kappa shape index (κ2) is 5.14. The second-order valence-electron chi connectivity index (χ2n) is 2.70. The Labute approximate surface area is 85.8 Å². The predicted octanol–water partition coefficient (Wildman–Crippen LogP) is 2.86. The van der Waals surface area contributed by atoms with Gasteiger partial charge in [-0.05, 0) is 23.8 Å². The molecule has 0 unspecified atom stereocenters. The highest BCUT2D eigenvalue weighted by Gasteiger charge is 1.97. The molecule has 0 fully saturated rings. The molecular weight excluding hydrogens is 233 g/mol. The van der Waals surface area contributed by atoms with E-state index >= 15 is 0 Å². The summed E-state index contributed by atoms with van der Waals surface area (Å²) in [4.78, 5) is 0. The maximum Gasteiger partial charge on any atom is 0.124 e. The first kappa shape index (κ1) is 10.4. The number of rotatable bonds is 4. The lowest BCUT2D eigenvalue weighted by molar-refractivity contribution is 0.622. The van der Waals surface area contributed by atoms with E-state index in [9.17, 15) is 4.39 Å². The fourth-order valence-corrected chi connectivity index (χ4v) is 1.54. The lowest BCUT2D eigenvalue weighted by Crippen LogP contribution is -2.12. The summed E-state index contributed by atoms with van der Waals surface area (Å²) in [6, 6.07) is 4.84. The van der Waals surface area contributed by atoms with E-state index in [-0.39, 0.29) is 5.82 Å². The van der Waals surface area contributed by atoms with E-state index in [0.717, 1.165) is 16.6 Å². The largest absolute Gasteiger partial charge is 0.309 e. The first-order valence-corrected chi connectivity index (χ1v) is 4.78. The highest BCUT2D eigenvalue weighted by molar-refractivity contribution is 9.10. The van der Waals surface area contributed by atoms with Gasteiger partial charge in [-0.25, -0.2) is 4.39 Å². The van der Waals surface area contributed by atoms with Gasteiger partial charge in [0.2, 0.25) is 0 Å². The Balaban J connectivity index is 2.60. The van der Waals surface area contributed by atoms with E-state index in [1.165, 1.54) is 12.1 Å². The zero-order chi connectivity index (χ0) is 9.68. The van der Waals surface area contributed by atoms with Crippen molar-refractivity contribution >= 4 is 15.9 Å². The van der Waals surface area contributed by atoms with Crippen LogP contribution in [-0.4, -0.2) is 6.54 Å². The molecule has 0 radical (unpaired) electrons. The molecule has 0 aliphatic carbocycles. The maximum absolute atomic E-state index is 12.9. The van der Waals surface area contributed by atoms with Gasteiger partial charge >= 0.3 is 0 Å². The van der Waals surface area contributed by atoms with E-state index in [1.54, 1.807) is 6.08 Å². The van der Waals surface area contributed by atoms with Crippen LogP contribution in [0.5, 0.6) is 0 Å². The van der Waals surface area contributed by atoms with Crippen LogP contribution in [0.25, 0.3) is 0 Å². The van der Waals surface area contributed by atoms with Gasteiger partial charge < -0.3 is 5.32 Å². The first-order chi connectivity index (χ1) is 6.22. The Kier molecular flexibility index (Phi) is 4.12. The smallest absolute Gasteiger partial charge is 0.124 e. The number of hydrogen-bond donors (Lipinski definition) is 1. The van der Waals surface area contributed by atoms with Gasteiger partial charge in [0.1, 0.15) is 5.82 Å². The Bertz CT molecular complexity index is 279. The highest BCUT2D eigenvalue weighted by Crippen LogP contribution is 2.14. The fourth-order valence-electron chi connectivity index (χ4n) is 1.03. The molecule has 0 atom stereocenters. The second-order valence-corrected chi connectivity index (χ2v) is 3.61. The summed E-state index contributed by atoms with van der Waals surface area (Å²) in [7, 11) is 0. The molecule has 0 bridgehead atoms. The summed E-state index contributed by atoms with van der Waals surface area (Å²) >= 11 is 3.23. The van der Waals surface area contributed by atoms with Crippen molar-refractivity contribution in [2.75, 3.05) is 6.54 Å². The zero-order valence-electron chi connectivity index (χ0n) is 7.19. The molecule has 0 spiro atoms. The van der Waals surface area contributed by atoms with Gasteiger partial charge in [-0.2, -0.15) is 0 Å². The summed E-state index contributed by atoms with van der Waals surface area (Å²) < 4.78 is 13.6. The zero-order valence-corrected chi connectivity index (χ0v) is 8.77. The Hall–Kier alpha value is -0.670. The van der Waals surface area contributed by atoms with Crippen LogP contribution in [-0.2, 0) is 6.54 Å². The lowest BCUT2D eigenvalue weighted by Gasteiger charge is -2.02. The summed E-state index contributed by atoms with van der Waals surface area (Å²) in [6.45, 7) is 4.97. The van der Waals surface area contributed by atoms with Crippen LogP contribution < -0.4 is 5.32 Å². The van der Waals surface area contributed by atoms with Crippen molar-refractivity contribution in [3.63, 3.8) is 0 Å². The predicted molar refractivity (Wildman–Crippen MR) is 56.0 cm³/mol. The van der Waals surface area contributed by atoms with Crippen LogP contribution in [0.4, 0.5) is 4.39 Å². The lowest BCUT2D eigenvalue weighted by atomic mass is 10.2. The van der Waals surface area contributed by atoms with Crippen molar-refractivity contribution in [3.8, 4) is 0 Å². The number of halogens is 2. The SMILES string of the molecule is C=CCNCc1cc(F)cc(Br)c1. The van der Waals surface area contributed by atoms with Crippen LogP contribution in [0.15, 0.2) is 35.3 Å². The molecule has 70 valence electrons. The molecule has 1 N–H and O–H groups in total. The van der Waals surface area contributed by atoms with Crippen molar-refractivity contribution in [1.82, 2.24) is 5.32 Å². The van der Waals surface area contributed by atoms with Gasteiger partial charge in [0, 0.05) is 17.6 Å². The average Bonchev–Trinajstić information content (AvgIpc) is 2.03. The monoisotopic (exact) mass is 243 g/mol. The first-order valence-electron chi connectivity index (χ1n) is 3.99. The molecule has 0 aliphatic rings. The summed E-state index contributed by atoms with van der Waals surface area (Å²) in [5.74, 6) is -0.218. The molecule has 0 amide bonds. The summed E-state index contributed by atoms with van der Waals surface area (Å²) in [5, 5.41) is 3.10. The van der Waals surface area contributed by atoms with Crippen LogP contribution in [0.1, 0.15) is 5.56 Å². The average molecular weight is 244 g/mol. The van der Waals surface area contributed by atoms with Crippen LogP contribution in [0, 0.1) is 5.82 Å². The summed E-state index contributed by atoms with van der Waals surface area (Å²) in [5.41, 5.74) is 0.925. The van der Waals surface area contributed by atoms with Crippen LogP contribution in [0.2, 0.25) is 0 Å². The van der Waals surface area contributed by atoms with Crippen LogP contribution in [0.3, 0.4) is 0 Å². The minimum atomic E-state index is -0.218. The topological polar surface area (TPSA) is 12.0 Å². The third-order valence-electron chi connectivity index (χ3n) is 1.54. The van der Waals surface area contributed by atoms with E-state index < -0.39 is 0 Å². The van der Waals surface area contributed by atoms with E-state index in [0.29, 0.717) is 6.54 Å². The molecule has 1 nitrogen and oxygen atoms in total. The van der Waals surface area contributed by atoms with E-state index in [4.69, 9.17) is 0 Å². The Morgan fingerprint density at radius 1 is 1.46 bits per heavy atom. The van der Waals surface area contributed by atoms with Crippen molar-refractivity contribution in [1.29, 1.82) is 0 Å². The van der Waals surface area contributed by atoms with Gasteiger partial charge in [0.05, 0.1) is 0 Å². The third kappa shape index (κ3) is 3.70. The standard InChI is InChI=1S/C10H11BrFN/c1-2-3-13-7-8-4-9(11)6-10(12)5-8/h2,4-6,13H,1,3,7H2. The molecule has 1 aromatic carbocycles. The van der Waals surface area contributed by atoms with Gasteiger partial charge in [0.15, 0.2) is 0 Å². The quantitative estimate of drug-likeness (QED) is 0.634. The third-order valence-corrected chi connectivity index (χ3v) is 2.00. The van der Waals surface area contributed by atoms with Gasteiger partial charge in [-0.3, -0.25) is 0 Å². The normalized spacial score (nSPS) is 10.0. The fraction of sp³-hybridized carbons (Fsp3) is 0.200. The summed E-state index contributed by atoms with van der Waals surface area (Å²) in [6.07, 6.45) is 1.77. The molecule has 1 rings (SSSR count). The molecule has 0 saturated heterocycles. The Morgan fingerprint density at radius 2 is 2.23 bits per heavy atom. The molecule has 3 heteroatoms. The number of nitrogens with one attached hydrogen (secondary N) is 1. The molecule has 1 aromatic rings. The molecule has 13 heavy (non-hydrogen) atoms. The van der Waals surface area contributed by atoms with Crippen molar-refractivity contribution < 1.29 is 4.39 Å². The van der Waals surface area contributed by atoms with Crippen molar-refractivity contribution in [3.05, 3.63) is 46.7 Å². The molecular formula is C10H11BrFN. The van der Waals surface area contributed by atoms with Crippen LogP contribution >= 0.6 is 15.9 Å². The Morgan fingerprint density at radius 3 is 2.85 bits per heavy atom. The molecule has 0 heterocycles. The minimum absolute atomic E-state index is 0.218. The van der Waals surface area contributed by atoms with Gasteiger partial charge in [-0.15, -0.1) is 6.58 Å². The highest BCUT2D eigenvalue weighted by atomic mass is 79.9. The minimum Gasteiger partial charge on any atom is -0.309 e. The van der Waals surface area contributed by atoms with Gasteiger partial charge in [-0.1, -0.05) is 22.0 Å². The van der Waals surface area contributed by atoms with E-state index in [1.807, 2.05) is 6.07 Å². The number of hydrogen-bond acceptors (Lipinski definition) is 1. The molecule has 0 aliphatic heterocycles. The van der Waals surface area contributed by atoms with E-state index in [2.05, 4.69) is 27.8 Å². The van der Waals surface area contributed by atoms with Crippen molar-refractivity contribution in [2.24, 2.45) is 0 Å². The number of benzene rings is 1. The maximum atomic E-state index is 12.9. The van der Waals surface area contributed by atoms with Crippen molar-refractivity contribution in [2.45, 2.75) is 6.54 Å². The molecule has 0 saturated carbocycles.